The molecule has 0 aliphatic heterocycles. The summed E-state index contributed by atoms with van der Waals surface area (Å²) in [6, 6.07) is 12.8. The maximum absolute atomic E-state index is 12.4. The second-order valence-electron chi connectivity index (χ2n) is 6.18. The van der Waals surface area contributed by atoms with Gasteiger partial charge in [-0.05, 0) is 31.2 Å². The molecule has 30 heavy (non-hydrogen) atoms. The van der Waals surface area contributed by atoms with Crippen LogP contribution in [0, 0.1) is 10.1 Å². The van der Waals surface area contributed by atoms with Gasteiger partial charge in [0.2, 0.25) is 0 Å². The van der Waals surface area contributed by atoms with E-state index >= 15 is 0 Å². The van der Waals surface area contributed by atoms with Crippen LogP contribution in [-0.2, 0) is 0 Å². The normalized spacial score (nSPS) is 11.1. The van der Waals surface area contributed by atoms with E-state index in [9.17, 15) is 14.9 Å². The number of hydrazone groups is 1. The molecule has 3 rings (SSSR count). The Bertz CT molecular complexity index is 1120. The van der Waals surface area contributed by atoms with Crippen molar-refractivity contribution in [3.05, 3.63) is 69.9 Å². The van der Waals surface area contributed by atoms with Crippen LogP contribution in [-0.4, -0.2) is 41.0 Å². The van der Waals surface area contributed by atoms with Crippen LogP contribution in [0.2, 0.25) is 0 Å². The molecule has 2 N–H and O–H groups in total. The first-order valence-corrected chi connectivity index (χ1v) is 8.80. The number of nitro benzene ring substituents is 1. The molecule has 0 saturated carbocycles. The minimum Gasteiger partial charge on any atom is -0.497 e. The standard InChI is InChI=1S/C20H19N5O5/c1-12(13-5-4-6-14(9-13)25(27)28)21-24-20(26)18-11-17(22-23-18)16-10-15(29-2)7-8-19(16)30-3/h4-11H,1-3H3,(H,22,23)(H,24,26). The highest BCUT2D eigenvalue weighted by Crippen LogP contribution is 2.32. The van der Waals surface area contributed by atoms with Crippen molar-refractivity contribution in [3.63, 3.8) is 0 Å². The summed E-state index contributed by atoms with van der Waals surface area (Å²) >= 11 is 0. The molecule has 0 saturated heterocycles. The number of nitrogens with zero attached hydrogens (tertiary/aromatic N) is 3. The molecule has 0 unspecified atom stereocenters. The maximum atomic E-state index is 12.4. The zero-order valence-electron chi connectivity index (χ0n) is 16.5. The van der Waals surface area contributed by atoms with E-state index < -0.39 is 10.8 Å². The lowest BCUT2D eigenvalue weighted by Gasteiger charge is -2.08. The smallest absolute Gasteiger partial charge is 0.289 e. The van der Waals surface area contributed by atoms with Gasteiger partial charge in [-0.25, -0.2) is 5.43 Å². The molecule has 0 radical (unpaired) electrons. The topological polar surface area (TPSA) is 132 Å². The summed E-state index contributed by atoms with van der Waals surface area (Å²) in [5, 5.41) is 21.7. The molecule has 0 aliphatic rings. The Morgan fingerprint density at radius 3 is 2.67 bits per heavy atom. The van der Waals surface area contributed by atoms with Gasteiger partial charge in [-0.2, -0.15) is 10.2 Å². The largest absolute Gasteiger partial charge is 0.497 e. The van der Waals surface area contributed by atoms with Gasteiger partial charge in [0.05, 0.1) is 30.5 Å². The predicted molar refractivity (Wildman–Crippen MR) is 110 cm³/mol. The molecular weight excluding hydrogens is 390 g/mol. The van der Waals surface area contributed by atoms with Gasteiger partial charge in [0.25, 0.3) is 11.6 Å². The number of benzene rings is 2. The van der Waals surface area contributed by atoms with Gasteiger partial charge in [0, 0.05) is 23.3 Å². The fourth-order valence-electron chi connectivity index (χ4n) is 2.69. The third kappa shape index (κ3) is 4.43. The van der Waals surface area contributed by atoms with E-state index in [-0.39, 0.29) is 11.4 Å². The van der Waals surface area contributed by atoms with Gasteiger partial charge in [-0.3, -0.25) is 20.0 Å². The van der Waals surface area contributed by atoms with E-state index in [0.717, 1.165) is 0 Å². The quantitative estimate of drug-likeness (QED) is 0.350. The minimum absolute atomic E-state index is 0.0566. The number of nitro groups is 1. The van der Waals surface area contributed by atoms with Gasteiger partial charge in [-0.1, -0.05) is 12.1 Å². The van der Waals surface area contributed by atoms with Crippen molar-refractivity contribution in [3.8, 4) is 22.8 Å². The highest BCUT2D eigenvalue weighted by Gasteiger charge is 2.15. The number of carbonyl (C=O) groups is 1. The Balaban J connectivity index is 1.78. The molecule has 154 valence electrons. The van der Waals surface area contributed by atoms with Gasteiger partial charge in [-0.15, -0.1) is 0 Å². The fraction of sp³-hybridized carbons (Fsp3) is 0.150. The van der Waals surface area contributed by atoms with Crippen molar-refractivity contribution in [2.24, 2.45) is 5.10 Å². The van der Waals surface area contributed by atoms with Gasteiger partial charge < -0.3 is 9.47 Å². The first-order valence-electron chi connectivity index (χ1n) is 8.80. The molecule has 0 fully saturated rings. The number of H-pyrrole nitrogens is 1. The van der Waals surface area contributed by atoms with Crippen LogP contribution in [0.1, 0.15) is 23.0 Å². The van der Waals surface area contributed by atoms with Crippen molar-refractivity contribution in [1.82, 2.24) is 15.6 Å². The highest BCUT2D eigenvalue weighted by atomic mass is 16.6. The van der Waals surface area contributed by atoms with Crippen LogP contribution >= 0.6 is 0 Å². The molecule has 3 aromatic rings. The Hall–Kier alpha value is -4.21. The molecule has 10 heteroatoms. The second kappa shape index (κ2) is 8.86. The molecule has 1 aromatic heterocycles. The van der Waals surface area contributed by atoms with Gasteiger partial charge in [0.15, 0.2) is 0 Å². The Kier molecular flexibility index (Phi) is 6.06. The highest BCUT2D eigenvalue weighted by molar-refractivity contribution is 6.01. The Morgan fingerprint density at radius 2 is 1.97 bits per heavy atom. The van der Waals surface area contributed by atoms with Crippen LogP contribution < -0.4 is 14.9 Å². The molecule has 2 aromatic carbocycles. The molecule has 0 bridgehead atoms. The molecule has 0 atom stereocenters. The number of carbonyl (C=O) groups excluding carboxylic acids is 1. The zero-order chi connectivity index (χ0) is 21.7. The van der Waals surface area contributed by atoms with Gasteiger partial charge >= 0.3 is 0 Å². The van der Waals surface area contributed by atoms with Crippen molar-refractivity contribution in [2.45, 2.75) is 6.92 Å². The van der Waals surface area contributed by atoms with Crippen LogP contribution in [0.25, 0.3) is 11.3 Å². The van der Waals surface area contributed by atoms with E-state index in [1.807, 2.05) is 0 Å². The Morgan fingerprint density at radius 1 is 1.17 bits per heavy atom. The van der Waals surface area contributed by atoms with Gasteiger partial charge in [0.1, 0.15) is 17.2 Å². The van der Waals surface area contributed by atoms with Crippen molar-refractivity contribution < 1.29 is 19.2 Å². The van der Waals surface area contributed by atoms with E-state index in [0.29, 0.717) is 34.0 Å². The summed E-state index contributed by atoms with van der Waals surface area (Å²) < 4.78 is 10.6. The van der Waals surface area contributed by atoms with E-state index in [4.69, 9.17) is 9.47 Å². The second-order valence-corrected chi connectivity index (χ2v) is 6.18. The van der Waals surface area contributed by atoms with Crippen molar-refractivity contribution in [2.75, 3.05) is 14.2 Å². The third-order valence-electron chi connectivity index (χ3n) is 4.30. The average Bonchev–Trinajstić information content (AvgIpc) is 3.27. The molecule has 0 spiro atoms. The SMILES string of the molecule is COc1ccc(OC)c(-c2cc(C(=O)NN=C(C)c3cccc([N+](=O)[O-])c3)[nH]n2)c1. The van der Waals surface area contributed by atoms with E-state index in [2.05, 4.69) is 20.7 Å². The van der Waals surface area contributed by atoms with E-state index in [1.165, 1.54) is 19.2 Å². The fourth-order valence-corrected chi connectivity index (χ4v) is 2.69. The number of aromatic amines is 1. The molecular formula is C20H19N5O5. The molecule has 10 nitrogen and oxygen atoms in total. The lowest BCUT2D eigenvalue weighted by Crippen LogP contribution is -2.19. The Labute approximate surface area is 171 Å². The first-order chi connectivity index (χ1) is 14.4. The number of rotatable bonds is 7. The number of aromatic nitrogens is 2. The van der Waals surface area contributed by atoms with Crippen molar-refractivity contribution >= 4 is 17.3 Å². The van der Waals surface area contributed by atoms with Crippen LogP contribution in [0.3, 0.4) is 0 Å². The number of amides is 1. The number of hydrogen-bond donors (Lipinski definition) is 2. The average molecular weight is 409 g/mol. The number of methoxy groups -OCH3 is 2. The minimum atomic E-state index is -0.514. The number of hydrogen-bond acceptors (Lipinski definition) is 7. The number of ether oxygens (including phenoxy) is 2. The molecule has 0 aliphatic carbocycles. The van der Waals surface area contributed by atoms with Crippen LogP contribution in [0.15, 0.2) is 53.6 Å². The van der Waals surface area contributed by atoms with Crippen LogP contribution in [0.5, 0.6) is 11.5 Å². The zero-order valence-corrected chi connectivity index (χ0v) is 16.5. The maximum Gasteiger partial charge on any atom is 0.289 e. The molecule has 1 heterocycles. The first kappa shape index (κ1) is 20.5. The van der Waals surface area contributed by atoms with Crippen LogP contribution in [0.4, 0.5) is 5.69 Å². The third-order valence-corrected chi connectivity index (χ3v) is 4.30. The number of nitrogens with one attached hydrogen (secondary N) is 2. The number of non-ortho nitro benzene ring substituents is 1. The lowest BCUT2D eigenvalue weighted by atomic mass is 10.1. The summed E-state index contributed by atoms with van der Waals surface area (Å²) in [6.07, 6.45) is 0. The lowest BCUT2D eigenvalue weighted by molar-refractivity contribution is -0.384. The summed E-state index contributed by atoms with van der Waals surface area (Å²) in [5.74, 6) is 0.686. The summed E-state index contributed by atoms with van der Waals surface area (Å²) in [5.41, 5.74) is 4.64. The summed E-state index contributed by atoms with van der Waals surface area (Å²) in [6.45, 7) is 1.64. The van der Waals surface area contributed by atoms with E-state index in [1.54, 1.807) is 50.4 Å². The summed E-state index contributed by atoms with van der Waals surface area (Å²) in [7, 11) is 3.09. The summed E-state index contributed by atoms with van der Waals surface area (Å²) in [4.78, 5) is 22.8. The monoisotopic (exact) mass is 409 g/mol. The molecule has 1 amide bonds. The predicted octanol–water partition coefficient (Wildman–Crippen LogP) is 3.16. The van der Waals surface area contributed by atoms with Crippen molar-refractivity contribution in [1.29, 1.82) is 0 Å².